The van der Waals surface area contributed by atoms with Crippen molar-refractivity contribution in [1.29, 1.82) is 0 Å². The molecule has 2 N–H and O–H groups in total. The summed E-state index contributed by atoms with van der Waals surface area (Å²) in [5.41, 5.74) is 7.33. The Labute approximate surface area is 122 Å². The highest BCUT2D eigenvalue weighted by atomic mass is 19.3. The first-order valence-corrected chi connectivity index (χ1v) is 6.59. The van der Waals surface area contributed by atoms with E-state index in [2.05, 4.69) is 0 Å². The molecule has 0 bridgehead atoms. The molecule has 0 fully saturated rings. The minimum absolute atomic E-state index is 0.286. The second-order valence-corrected chi connectivity index (χ2v) is 4.46. The lowest BCUT2D eigenvalue weighted by Crippen LogP contribution is -2.09. The number of nitrogens with two attached hydrogens (primary N) is 1. The predicted molar refractivity (Wildman–Crippen MR) is 76.6 cm³/mol. The van der Waals surface area contributed by atoms with Crippen molar-refractivity contribution in [3.63, 3.8) is 0 Å². The molecular weight excluding hydrogens is 276 g/mol. The van der Waals surface area contributed by atoms with Gasteiger partial charge in [0.2, 0.25) is 0 Å². The molecule has 0 atom stereocenters. The lowest BCUT2D eigenvalue weighted by molar-refractivity contribution is 0.0797. The van der Waals surface area contributed by atoms with Gasteiger partial charge in [0.25, 0.3) is 6.43 Å². The van der Waals surface area contributed by atoms with Crippen LogP contribution in [0.15, 0.2) is 48.5 Å². The third-order valence-electron chi connectivity index (χ3n) is 2.85. The Morgan fingerprint density at radius 3 is 2.33 bits per heavy atom. The topological polar surface area (TPSA) is 44.5 Å². The Hall–Kier alpha value is -2.14. The van der Waals surface area contributed by atoms with Crippen molar-refractivity contribution in [3.8, 4) is 11.5 Å². The monoisotopic (exact) mass is 293 g/mol. The Balaban J connectivity index is 2.09. The van der Waals surface area contributed by atoms with Crippen LogP contribution in [0.25, 0.3) is 0 Å². The number of hydrogen-bond donors (Lipinski definition) is 1. The van der Waals surface area contributed by atoms with E-state index in [1.54, 1.807) is 18.2 Å². The first-order chi connectivity index (χ1) is 10.2. The minimum Gasteiger partial charge on any atom is -0.485 e. The molecule has 0 amide bonds. The zero-order valence-corrected chi connectivity index (χ0v) is 11.5. The highest BCUT2D eigenvalue weighted by Crippen LogP contribution is 2.29. The molecule has 3 nitrogen and oxygen atoms in total. The molecule has 0 spiro atoms. The van der Waals surface area contributed by atoms with Crippen LogP contribution in [0.3, 0.4) is 0 Å². The second-order valence-electron chi connectivity index (χ2n) is 4.46. The van der Waals surface area contributed by atoms with E-state index in [0.717, 1.165) is 11.1 Å². The first-order valence-electron chi connectivity index (χ1n) is 6.59. The van der Waals surface area contributed by atoms with Gasteiger partial charge in [-0.05, 0) is 23.3 Å². The molecule has 0 aliphatic heterocycles. The molecule has 0 saturated carbocycles. The maximum atomic E-state index is 12.3. The summed E-state index contributed by atoms with van der Waals surface area (Å²) in [5, 5.41) is 0. The van der Waals surface area contributed by atoms with E-state index in [-0.39, 0.29) is 5.75 Å². The van der Waals surface area contributed by atoms with Crippen molar-refractivity contribution in [1.82, 2.24) is 0 Å². The van der Waals surface area contributed by atoms with E-state index in [9.17, 15) is 8.78 Å². The number of rotatable bonds is 7. The molecule has 0 unspecified atom stereocenters. The molecule has 2 aromatic carbocycles. The number of alkyl halides is 2. The summed E-state index contributed by atoms with van der Waals surface area (Å²) >= 11 is 0. The van der Waals surface area contributed by atoms with E-state index in [1.165, 1.54) is 0 Å². The van der Waals surface area contributed by atoms with E-state index in [0.29, 0.717) is 18.9 Å². The maximum Gasteiger partial charge on any atom is 0.272 e. The third kappa shape index (κ3) is 4.72. The van der Waals surface area contributed by atoms with E-state index in [4.69, 9.17) is 15.2 Å². The highest BCUT2D eigenvalue weighted by Gasteiger charge is 2.10. The van der Waals surface area contributed by atoms with Crippen molar-refractivity contribution in [2.24, 2.45) is 5.73 Å². The number of benzene rings is 2. The summed E-state index contributed by atoms with van der Waals surface area (Å²) < 4.78 is 35.3. The summed E-state index contributed by atoms with van der Waals surface area (Å²) in [5.74, 6) is 0.714. The van der Waals surface area contributed by atoms with Crippen LogP contribution >= 0.6 is 0 Å². The van der Waals surface area contributed by atoms with Crippen molar-refractivity contribution in [3.05, 3.63) is 59.7 Å². The standard InChI is InChI=1S/C16H17F2NO2/c17-16(18)11-21-15-8-13(9-19)6-7-14(15)20-10-12-4-2-1-3-5-12/h1-8,16H,9-11,19H2. The van der Waals surface area contributed by atoms with Crippen molar-refractivity contribution < 1.29 is 18.3 Å². The number of halogens is 2. The van der Waals surface area contributed by atoms with E-state index >= 15 is 0 Å². The molecule has 0 saturated heterocycles. The molecule has 21 heavy (non-hydrogen) atoms. The van der Waals surface area contributed by atoms with Crippen LogP contribution in [-0.2, 0) is 13.2 Å². The van der Waals surface area contributed by atoms with Crippen LogP contribution in [0.4, 0.5) is 8.78 Å². The van der Waals surface area contributed by atoms with Crippen LogP contribution in [0.5, 0.6) is 11.5 Å². The van der Waals surface area contributed by atoms with Gasteiger partial charge in [-0.3, -0.25) is 0 Å². The van der Waals surface area contributed by atoms with E-state index in [1.807, 2.05) is 30.3 Å². The number of ether oxygens (including phenoxy) is 2. The third-order valence-corrected chi connectivity index (χ3v) is 2.85. The van der Waals surface area contributed by atoms with Crippen LogP contribution in [0.1, 0.15) is 11.1 Å². The van der Waals surface area contributed by atoms with Gasteiger partial charge in [-0.2, -0.15) is 0 Å². The van der Waals surface area contributed by atoms with Gasteiger partial charge < -0.3 is 15.2 Å². The molecule has 0 radical (unpaired) electrons. The van der Waals surface area contributed by atoms with Gasteiger partial charge in [0, 0.05) is 6.54 Å². The smallest absolute Gasteiger partial charge is 0.272 e. The SMILES string of the molecule is NCc1ccc(OCc2ccccc2)c(OCC(F)F)c1. The molecule has 0 aliphatic carbocycles. The van der Waals surface area contributed by atoms with Gasteiger partial charge >= 0.3 is 0 Å². The van der Waals surface area contributed by atoms with Crippen molar-refractivity contribution in [2.45, 2.75) is 19.6 Å². The quantitative estimate of drug-likeness (QED) is 0.851. The fourth-order valence-corrected chi connectivity index (χ4v) is 1.80. The Morgan fingerprint density at radius 1 is 0.905 bits per heavy atom. The largest absolute Gasteiger partial charge is 0.485 e. The van der Waals surface area contributed by atoms with Gasteiger partial charge in [-0.1, -0.05) is 36.4 Å². The van der Waals surface area contributed by atoms with Crippen LogP contribution < -0.4 is 15.2 Å². The summed E-state index contributed by atoms with van der Waals surface area (Å²) in [6.45, 7) is -0.0203. The fraction of sp³-hybridized carbons (Fsp3) is 0.250. The molecule has 0 aromatic heterocycles. The normalized spacial score (nSPS) is 10.7. The van der Waals surface area contributed by atoms with Crippen LogP contribution in [-0.4, -0.2) is 13.0 Å². The van der Waals surface area contributed by atoms with Crippen molar-refractivity contribution >= 4 is 0 Å². The summed E-state index contributed by atoms with van der Waals surface area (Å²) in [4.78, 5) is 0. The van der Waals surface area contributed by atoms with Gasteiger partial charge in [0.1, 0.15) is 13.2 Å². The zero-order valence-electron chi connectivity index (χ0n) is 11.5. The molecule has 0 aliphatic rings. The lowest BCUT2D eigenvalue weighted by Gasteiger charge is -2.14. The lowest BCUT2D eigenvalue weighted by atomic mass is 10.2. The molecule has 5 heteroatoms. The van der Waals surface area contributed by atoms with Gasteiger partial charge in [0.15, 0.2) is 11.5 Å². The van der Waals surface area contributed by atoms with Gasteiger partial charge in [-0.25, -0.2) is 8.78 Å². The Bertz CT molecular complexity index is 561. The van der Waals surface area contributed by atoms with Gasteiger partial charge in [-0.15, -0.1) is 0 Å². The zero-order chi connectivity index (χ0) is 15.1. The average molecular weight is 293 g/mol. The summed E-state index contributed by atoms with van der Waals surface area (Å²) in [6.07, 6.45) is -2.53. The van der Waals surface area contributed by atoms with Gasteiger partial charge in [0.05, 0.1) is 0 Å². The van der Waals surface area contributed by atoms with Crippen LogP contribution in [0, 0.1) is 0 Å². The average Bonchev–Trinajstić information content (AvgIpc) is 2.52. The molecule has 112 valence electrons. The number of hydrogen-bond acceptors (Lipinski definition) is 3. The second kappa shape index (κ2) is 7.59. The molecule has 0 heterocycles. The highest BCUT2D eigenvalue weighted by molar-refractivity contribution is 5.43. The fourth-order valence-electron chi connectivity index (χ4n) is 1.80. The Morgan fingerprint density at radius 2 is 1.67 bits per heavy atom. The summed E-state index contributed by atoms with van der Waals surface area (Å²) in [7, 11) is 0. The maximum absolute atomic E-state index is 12.3. The molecule has 2 rings (SSSR count). The van der Waals surface area contributed by atoms with E-state index < -0.39 is 13.0 Å². The van der Waals surface area contributed by atoms with Crippen molar-refractivity contribution in [2.75, 3.05) is 6.61 Å². The molecular formula is C16H17F2NO2. The van der Waals surface area contributed by atoms with Crippen LogP contribution in [0.2, 0.25) is 0 Å². The minimum atomic E-state index is -2.53. The first kappa shape index (κ1) is 15.3. The Kier molecular flexibility index (Phi) is 5.51. The summed E-state index contributed by atoms with van der Waals surface area (Å²) in [6, 6.07) is 14.7. The molecule has 2 aromatic rings. The predicted octanol–water partition coefficient (Wildman–Crippen LogP) is 3.37.